The molecule has 0 amide bonds. The Labute approximate surface area is 294 Å². The van der Waals surface area contributed by atoms with Crippen LogP contribution in [0.2, 0.25) is 0 Å². The summed E-state index contributed by atoms with van der Waals surface area (Å²) in [5.74, 6) is 3.75. The van der Waals surface area contributed by atoms with Gasteiger partial charge >= 0.3 is 5.97 Å². The second kappa shape index (κ2) is 13.0. The van der Waals surface area contributed by atoms with Gasteiger partial charge in [-0.2, -0.15) is 0 Å². The molecule has 7 unspecified atom stereocenters. The highest BCUT2D eigenvalue weighted by Gasteiger charge is 2.60. The molecule has 0 saturated heterocycles. The Balaban J connectivity index is 0.000000157. The van der Waals surface area contributed by atoms with E-state index in [1.807, 2.05) is 31.2 Å². The number of esters is 1. The number of hydrogen-bond acceptors (Lipinski definition) is 9. The van der Waals surface area contributed by atoms with Crippen LogP contribution in [0.4, 0.5) is 0 Å². The van der Waals surface area contributed by atoms with Crippen LogP contribution in [0.1, 0.15) is 89.7 Å². The molecule has 0 radical (unpaired) electrons. The number of allylic oxidation sites excluding steroid dienone is 1. The first-order chi connectivity index (χ1) is 24.0. The van der Waals surface area contributed by atoms with Crippen LogP contribution in [0.25, 0.3) is 11.6 Å². The summed E-state index contributed by atoms with van der Waals surface area (Å²) >= 11 is 0. The van der Waals surface area contributed by atoms with E-state index in [1.165, 1.54) is 24.8 Å². The van der Waals surface area contributed by atoms with Crippen molar-refractivity contribution in [1.29, 1.82) is 0 Å². The third kappa shape index (κ3) is 5.66. The van der Waals surface area contributed by atoms with E-state index in [1.54, 1.807) is 39.5 Å². The normalized spacial score (nSPS) is 33.0. The van der Waals surface area contributed by atoms with E-state index in [-0.39, 0.29) is 29.5 Å². The molecule has 1 N–H and O–H groups in total. The highest BCUT2D eigenvalue weighted by Crippen LogP contribution is 2.65. The summed E-state index contributed by atoms with van der Waals surface area (Å²) in [6.45, 7) is 6.66. The Hall–Kier alpha value is -3.98. The largest absolute Gasteiger partial charge is 0.497 e. The minimum atomic E-state index is -1.58. The van der Waals surface area contributed by atoms with E-state index in [0.717, 1.165) is 43.6 Å². The number of ether oxygens (including phenoxy) is 6. The first kappa shape index (κ1) is 34.5. The maximum Gasteiger partial charge on any atom is 0.305 e. The monoisotopic (exact) mass is 686 g/mol. The Bertz CT molecular complexity index is 1740. The van der Waals surface area contributed by atoms with Gasteiger partial charge in [-0.1, -0.05) is 26.3 Å². The zero-order valence-electron chi connectivity index (χ0n) is 30.1. The van der Waals surface area contributed by atoms with Crippen LogP contribution in [0.5, 0.6) is 28.7 Å². The second-order valence-corrected chi connectivity index (χ2v) is 15.3. The number of carbonyl (C=O) groups excluding carboxylic acids is 2. The predicted octanol–water partition coefficient (Wildman–Crippen LogP) is 7.57. The van der Waals surface area contributed by atoms with Crippen LogP contribution < -0.4 is 23.7 Å². The van der Waals surface area contributed by atoms with Crippen molar-refractivity contribution in [3.63, 3.8) is 0 Å². The van der Waals surface area contributed by atoms with Gasteiger partial charge in [0.25, 0.3) is 5.79 Å². The van der Waals surface area contributed by atoms with Crippen molar-refractivity contribution in [2.45, 2.75) is 90.4 Å². The average molecular weight is 687 g/mol. The molecule has 2 aliphatic heterocycles. The SMILES string of the molecule is CCC(=O)OC1CCC2C3CCC4=CC(=O)CCC4(C)C3CCC12C.COc1ccc2c(c1)OC1(O)COc3cc(OC)c(OC)cc3C1=C2. The lowest BCUT2D eigenvalue weighted by Crippen LogP contribution is -2.51. The molecular weight excluding hydrogens is 636 g/mol. The Morgan fingerprint density at radius 1 is 0.900 bits per heavy atom. The van der Waals surface area contributed by atoms with Gasteiger partial charge in [-0.3, -0.25) is 9.59 Å². The van der Waals surface area contributed by atoms with Crippen LogP contribution in [0, 0.1) is 28.6 Å². The molecule has 9 heteroatoms. The van der Waals surface area contributed by atoms with E-state index >= 15 is 0 Å². The maximum absolute atomic E-state index is 11.9. The first-order valence-corrected chi connectivity index (χ1v) is 18.1. The molecule has 2 heterocycles. The molecule has 0 bridgehead atoms. The highest BCUT2D eigenvalue weighted by atomic mass is 16.7. The lowest BCUT2D eigenvalue weighted by atomic mass is 9.47. The third-order valence-corrected chi connectivity index (χ3v) is 12.9. The number of carbonyl (C=O) groups is 2. The predicted molar refractivity (Wildman–Crippen MR) is 188 cm³/mol. The number of methoxy groups -OCH3 is 3. The van der Waals surface area contributed by atoms with Crippen molar-refractivity contribution in [3.8, 4) is 28.7 Å². The van der Waals surface area contributed by atoms with Gasteiger partial charge in [0, 0.05) is 47.1 Å². The van der Waals surface area contributed by atoms with Crippen molar-refractivity contribution in [1.82, 2.24) is 0 Å². The molecule has 0 aromatic heterocycles. The van der Waals surface area contributed by atoms with Crippen LogP contribution in [-0.4, -0.2) is 56.7 Å². The molecule has 3 saturated carbocycles. The zero-order chi connectivity index (χ0) is 35.4. The van der Waals surface area contributed by atoms with Gasteiger partial charge in [-0.05, 0) is 98.5 Å². The highest BCUT2D eigenvalue weighted by molar-refractivity contribution is 5.93. The van der Waals surface area contributed by atoms with E-state index in [9.17, 15) is 14.7 Å². The Morgan fingerprint density at radius 2 is 1.68 bits per heavy atom. The minimum Gasteiger partial charge on any atom is -0.497 e. The summed E-state index contributed by atoms with van der Waals surface area (Å²) in [6, 6.07) is 9.00. The maximum atomic E-state index is 11.9. The second-order valence-electron chi connectivity index (χ2n) is 15.3. The smallest absolute Gasteiger partial charge is 0.305 e. The molecule has 3 fully saturated rings. The fraction of sp³-hybridized carbons (Fsp3) is 0.561. The fourth-order valence-electron chi connectivity index (χ4n) is 10.1. The van der Waals surface area contributed by atoms with Crippen molar-refractivity contribution in [2.75, 3.05) is 27.9 Å². The third-order valence-electron chi connectivity index (χ3n) is 12.9. The van der Waals surface area contributed by atoms with Crippen LogP contribution >= 0.6 is 0 Å². The van der Waals surface area contributed by atoms with E-state index in [0.29, 0.717) is 63.9 Å². The minimum absolute atomic E-state index is 0.0298. The molecule has 50 heavy (non-hydrogen) atoms. The number of rotatable bonds is 5. The summed E-state index contributed by atoms with van der Waals surface area (Å²) in [7, 11) is 4.71. The molecule has 2 aromatic carbocycles. The van der Waals surface area contributed by atoms with Crippen LogP contribution in [0.3, 0.4) is 0 Å². The lowest BCUT2D eigenvalue weighted by Gasteiger charge is -2.57. The van der Waals surface area contributed by atoms with E-state index < -0.39 is 5.79 Å². The van der Waals surface area contributed by atoms with Crippen molar-refractivity contribution < 1.29 is 43.1 Å². The van der Waals surface area contributed by atoms with Gasteiger partial charge < -0.3 is 33.5 Å². The van der Waals surface area contributed by atoms with Gasteiger partial charge in [0.05, 0.1) is 21.3 Å². The van der Waals surface area contributed by atoms with Gasteiger partial charge in [-0.15, -0.1) is 0 Å². The molecular formula is C41H50O9. The number of benzene rings is 2. The molecule has 4 aliphatic carbocycles. The quantitative estimate of drug-likeness (QED) is 0.319. The van der Waals surface area contributed by atoms with Gasteiger partial charge in [0.1, 0.15) is 23.4 Å². The molecule has 0 spiro atoms. The fourth-order valence-corrected chi connectivity index (χ4v) is 10.1. The number of fused-ring (bicyclic) bond motifs is 9. The summed E-state index contributed by atoms with van der Waals surface area (Å²) in [5.41, 5.74) is 3.99. The summed E-state index contributed by atoms with van der Waals surface area (Å²) in [4.78, 5) is 23.8. The van der Waals surface area contributed by atoms with Gasteiger partial charge in [0.2, 0.25) is 0 Å². The van der Waals surface area contributed by atoms with Crippen molar-refractivity contribution in [2.24, 2.45) is 28.6 Å². The molecule has 6 aliphatic rings. The number of aliphatic hydroxyl groups is 1. The average Bonchev–Trinajstić information content (AvgIpc) is 3.45. The number of hydrogen-bond donors (Lipinski definition) is 1. The molecule has 8 rings (SSSR count). The summed E-state index contributed by atoms with van der Waals surface area (Å²) in [5, 5.41) is 11.0. The molecule has 2 aromatic rings. The Kier molecular flexibility index (Phi) is 8.94. The number of ketones is 1. The van der Waals surface area contributed by atoms with Crippen LogP contribution in [-0.2, 0) is 14.3 Å². The van der Waals surface area contributed by atoms with E-state index in [2.05, 4.69) is 13.8 Å². The molecule has 268 valence electrons. The van der Waals surface area contributed by atoms with Gasteiger partial charge in [0.15, 0.2) is 23.9 Å². The summed E-state index contributed by atoms with van der Waals surface area (Å²) in [6.07, 6.45) is 13.2. The summed E-state index contributed by atoms with van der Waals surface area (Å²) < 4.78 is 33.4. The standard InChI is InChI=1S/C22H32O3.C19H18O6/c1-4-20(24)25-19-8-7-17-16-6-5-14-13-15(23)9-11-21(14,2)18(16)10-12-22(17,19)3;1-21-12-5-4-11-6-14-13-8-17(22-2)18(23-3)9-16(13)24-10-19(14,20)25-15(11)7-12/h13,16-19H,4-12H2,1-3H3;4-9,20H,10H2,1-3H3. The van der Waals surface area contributed by atoms with E-state index in [4.69, 9.17) is 28.4 Å². The van der Waals surface area contributed by atoms with Crippen molar-refractivity contribution >= 4 is 23.4 Å². The molecule has 7 atom stereocenters. The van der Waals surface area contributed by atoms with Gasteiger partial charge in [-0.25, -0.2) is 0 Å². The first-order valence-electron chi connectivity index (χ1n) is 18.1. The molecule has 9 nitrogen and oxygen atoms in total. The van der Waals surface area contributed by atoms with Crippen molar-refractivity contribution in [3.05, 3.63) is 53.1 Å². The Morgan fingerprint density at radius 3 is 2.42 bits per heavy atom. The topological polar surface area (TPSA) is 110 Å². The van der Waals surface area contributed by atoms with Crippen LogP contribution in [0.15, 0.2) is 42.0 Å². The lowest BCUT2D eigenvalue weighted by molar-refractivity contribution is -0.159. The zero-order valence-corrected chi connectivity index (χ0v) is 30.1.